The molecule has 2 aromatic carbocycles. The number of hydrogen-bond donors (Lipinski definition) is 2. The number of rotatable bonds is 7. The fourth-order valence-corrected chi connectivity index (χ4v) is 4.07. The molecule has 0 unspecified atom stereocenters. The van der Waals surface area contributed by atoms with Crippen LogP contribution < -0.4 is 5.32 Å². The highest BCUT2D eigenvalue weighted by molar-refractivity contribution is 6.02. The van der Waals surface area contributed by atoms with E-state index in [2.05, 4.69) is 15.6 Å². The maximum Gasteiger partial charge on any atom is 0.416 e. The van der Waals surface area contributed by atoms with Crippen molar-refractivity contribution in [3.8, 4) is 11.1 Å². The monoisotopic (exact) mass is 520 g/mol. The van der Waals surface area contributed by atoms with Gasteiger partial charge in [-0.15, -0.1) is 0 Å². The van der Waals surface area contributed by atoms with Gasteiger partial charge in [0.25, 0.3) is 5.91 Å². The molecule has 5 aromatic rings. The minimum absolute atomic E-state index is 0.135. The molecule has 0 saturated carbocycles. The molecule has 2 N–H and O–H groups in total. The summed E-state index contributed by atoms with van der Waals surface area (Å²) in [5.41, 5.74) is 3.43. The van der Waals surface area contributed by atoms with Crippen LogP contribution >= 0.6 is 0 Å². The largest absolute Gasteiger partial charge is 0.478 e. The first-order valence-corrected chi connectivity index (χ1v) is 11.4. The second-order valence-corrected chi connectivity index (χ2v) is 8.57. The van der Waals surface area contributed by atoms with E-state index in [1.54, 1.807) is 30.6 Å². The normalized spacial score (nSPS) is 11.6. The van der Waals surface area contributed by atoms with Crippen molar-refractivity contribution >= 4 is 17.4 Å². The number of alkyl halides is 3. The maximum atomic E-state index is 13.4. The summed E-state index contributed by atoms with van der Waals surface area (Å²) in [5.74, 6) is -1.46. The Bertz CT molecular complexity index is 1610. The van der Waals surface area contributed by atoms with Crippen molar-refractivity contribution < 1.29 is 32.4 Å². The summed E-state index contributed by atoms with van der Waals surface area (Å²) in [7, 11) is 0. The van der Waals surface area contributed by atoms with Gasteiger partial charge in [-0.1, -0.05) is 29.4 Å². The number of hydrogen-bond acceptors (Lipinski definition) is 5. The topological polar surface area (TPSA) is 110 Å². The number of carboxylic acids is 1. The standard InChI is InChI=1S/C27H19F3N4O4/c28-27(29,30)22-7-3-16(4-8-22)9-19-12-32-34-14-20(21-13-33-38-15-21)10-23(24(19)34)25(35)31-11-17-1-5-18(6-2-17)26(36)37/h1-8,10,12-15H,9,11H2,(H,31,35)(H,36,37). The molecule has 38 heavy (non-hydrogen) atoms. The Morgan fingerprint density at radius 2 is 1.68 bits per heavy atom. The zero-order valence-electron chi connectivity index (χ0n) is 19.6. The van der Waals surface area contributed by atoms with E-state index in [-0.39, 0.29) is 18.5 Å². The van der Waals surface area contributed by atoms with Crippen LogP contribution in [-0.4, -0.2) is 31.8 Å². The third-order valence-corrected chi connectivity index (χ3v) is 6.03. The van der Waals surface area contributed by atoms with Crippen LogP contribution in [0.4, 0.5) is 13.2 Å². The molecule has 8 nitrogen and oxygen atoms in total. The molecule has 0 aliphatic heterocycles. The molecule has 192 valence electrons. The molecule has 3 heterocycles. The van der Waals surface area contributed by atoms with Gasteiger partial charge in [-0.2, -0.15) is 18.3 Å². The summed E-state index contributed by atoms with van der Waals surface area (Å²) >= 11 is 0. The molecular weight excluding hydrogens is 501 g/mol. The van der Waals surface area contributed by atoms with Crippen molar-refractivity contribution in [1.82, 2.24) is 20.1 Å². The second kappa shape index (κ2) is 9.85. The Kier molecular flexibility index (Phi) is 6.41. The first kappa shape index (κ1) is 24.8. The molecule has 5 rings (SSSR count). The number of nitrogens with zero attached hydrogens (tertiary/aromatic N) is 3. The Hall–Kier alpha value is -4.93. The van der Waals surface area contributed by atoms with Gasteiger partial charge in [0.2, 0.25) is 0 Å². The second-order valence-electron chi connectivity index (χ2n) is 8.57. The van der Waals surface area contributed by atoms with Gasteiger partial charge in [0.15, 0.2) is 0 Å². The lowest BCUT2D eigenvalue weighted by Crippen LogP contribution is -2.23. The van der Waals surface area contributed by atoms with Gasteiger partial charge < -0.3 is 14.9 Å². The van der Waals surface area contributed by atoms with Crippen LogP contribution in [-0.2, 0) is 19.1 Å². The van der Waals surface area contributed by atoms with Crippen LogP contribution in [0.2, 0.25) is 0 Å². The van der Waals surface area contributed by atoms with Crippen LogP contribution in [0.1, 0.15) is 43.0 Å². The third-order valence-electron chi connectivity index (χ3n) is 6.03. The summed E-state index contributed by atoms with van der Waals surface area (Å²) < 4.78 is 45.3. The fourth-order valence-electron chi connectivity index (χ4n) is 4.07. The van der Waals surface area contributed by atoms with Gasteiger partial charge in [0.1, 0.15) is 6.26 Å². The zero-order chi connectivity index (χ0) is 26.9. The van der Waals surface area contributed by atoms with Crippen molar-refractivity contribution in [2.45, 2.75) is 19.1 Å². The van der Waals surface area contributed by atoms with Crippen LogP contribution in [0, 0.1) is 0 Å². The fraction of sp³-hybridized carbons (Fsp3) is 0.111. The average molecular weight is 520 g/mol. The van der Waals surface area contributed by atoms with Gasteiger partial charge in [-0.05, 0) is 41.5 Å². The van der Waals surface area contributed by atoms with Gasteiger partial charge in [0, 0.05) is 35.9 Å². The Labute approximate surface area is 213 Å². The molecule has 0 aliphatic rings. The van der Waals surface area contributed by atoms with E-state index in [1.807, 2.05) is 0 Å². The van der Waals surface area contributed by atoms with Crippen molar-refractivity contribution in [3.05, 3.63) is 113 Å². The van der Waals surface area contributed by atoms with Crippen LogP contribution in [0.3, 0.4) is 0 Å². The predicted octanol–water partition coefficient (Wildman–Crippen LogP) is 5.23. The first-order chi connectivity index (χ1) is 18.2. The molecule has 0 saturated heterocycles. The number of carbonyl (C=O) groups excluding carboxylic acids is 1. The van der Waals surface area contributed by atoms with E-state index in [0.717, 1.165) is 12.1 Å². The maximum absolute atomic E-state index is 13.4. The Balaban J connectivity index is 1.47. The highest BCUT2D eigenvalue weighted by atomic mass is 19.4. The van der Waals surface area contributed by atoms with Crippen molar-refractivity contribution in [2.24, 2.45) is 0 Å². The van der Waals surface area contributed by atoms with Gasteiger partial charge in [-0.25, -0.2) is 9.31 Å². The minimum atomic E-state index is -4.43. The molecule has 0 radical (unpaired) electrons. The van der Waals surface area contributed by atoms with Crippen molar-refractivity contribution in [1.29, 1.82) is 0 Å². The zero-order valence-corrected chi connectivity index (χ0v) is 19.6. The van der Waals surface area contributed by atoms with E-state index in [4.69, 9.17) is 9.63 Å². The molecule has 1 amide bonds. The van der Waals surface area contributed by atoms with E-state index in [1.165, 1.54) is 41.2 Å². The summed E-state index contributed by atoms with van der Waals surface area (Å²) in [6.07, 6.45) is 2.04. The van der Waals surface area contributed by atoms with E-state index >= 15 is 0 Å². The molecule has 0 aliphatic carbocycles. The third kappa shape index (κ3) is 5.12. The predicted molar refractivity (Wildman–Crippen MR) is 130 cm³/mol. The van der Waals surface area contributed by atoms with Gasteiger partial charge >= 0.3 is 12.1 Å². The lowest BCUT2D eigenvalue weighted by molar-refractivity contribution is -0.137. The number of amides is 1. The smallest absolute Gasteiger partial charge is 0.416 e. The number of benzene rings is 2. The highest BCUT2D eigenvalue weighted by Gasteiger charge is 2.30. The number of nitrogens with one attached hydrogen (secondary N) is 1. The first-order valence-electron chi connectivity index (χ1n) is 11.4. The number of aromatic nitrogens is 3. The highest BCUT2D eigenvalue weighted by Crippen LogP contribution is 2.30. The summed E-state index contributed by atoms with van der Waals surface area (Å²) in [6.45, 7) is 0.144. The number of aromatic carboxylic acids is 1. The average Bonchev–Trinajstić information content (AvgIpc) is 3.57. The van der Waals surface area contributed by atoms with Crippen molar-refractivity contribution in [3.63, 3.8) is 0 Å². The van der Waals surface area contributed by atoms with E-state index < -0.39 is 23.6 Å². The lowest BCUT2D eigenvalue weighted by Gasteiger charge is -2.11. The Morgan fingerprint density at radius 3 is 2.32 bits per heavy atom. The van der Waals surface area contributed by atoms with E-state index in [9.17, 15) is 22.8 Å². The molecule has 11 heteroatoms. The summed E-state index contributed by atoms with van der Waals surface area (Å²) in [5, 5.41) is 20.0. The lowest BCUT2D eigenvalue weighted by atomic mass is 10.0. The SMILES string of the molecule is O=C(O)c1ccc(CNC(=O)c2cc(-c3cnoc3)cn3ncc(Cc4ccc(C(F)(F)F)cc4)c23)cc1. The number of carboxylic acid groups (broad SMARTS) is 1. The molecule has 3 aromatic heterocycles. The summed E-state index contributed by atoms with van der Waals surface area (Å²) in [6, 6.07) is 12.6. The molecule has 0 fully saturated rings. The Morgan fingerprint density at radius 1 is 0.974 bits per heavy atom. The number of halogens is 3. The van der Waals surface area contributed by atoms with Crippen LogP contribution in [0.15, 0.2) is 84.0 Å². The molecule has 0 spiro atoms. The van der Waals surface area contributed by atoms with E-state index in [0.29, 0.717) is 38.9 Å². The molecule has 0 atom stereocenters. The molecule has 0 bridgehead atoms. The van der Waals surface area contributed by atoms with Crippen molar-refractivity contribution in [2.75, 3.05) is 0 Å². The van der Waals surface area contributed by atoms with Crippen LogP contribution in [0.5, 0.6) is 0 Å². The van der Waals surface area contributed by atoms with Gasteiger partial charge in [-0.3, -0.25) is 4.79 Å². The number of fused-ring (bicyclic) bond motifs is 1. The minimum Gasteiger partial charge on any atom is -0.478 e. The van der Waals surface area contributed by atoms with Gasteiger partial charge in [0.05, 0.1) is 34.6 Å². The summed E-state index contributed by atoms with van der Waals surface area (Å²) in [4.78, 5) is 24.5. The number of pyridine rings is 1. The molecular formula is C27H19F3N4O4. The van der Waals surface area contributed by atoms with Crippen LogP contribution in [0.25, 0.3) is 16.6 Å². The quantitative estimate of drug-likeness (QED) is 0.304. The number of carbonyl (C=O) groups is 2.